The van der Waals surface area contributed by atoms with Gasteiger partial charge in [0.1, 0.15) is 9.71 Å². The van der Waals surface area contributed by atoms with Crippen LogP contribution in [0.25, 0.3) is 15.9 Å². The number of nitrogens with one attached hydrogen (secondary N) is 1. The third-order valence-corrected chi connectivity index (χ3v) is 5.47. The second kappa shape index (κ2) is 5.72. The number of methoxy groups -OCH3 is 1. The molecule has 0 saturated carbocycles. The molecule has 1 amide bonds. The number of carbonyl (C=O) groups is 1. The van der Waals surface area contributed by atoms with E-state index in [1.807, 2.05) is 13.0 Å². The number of thiophene rings is 1. The van der Waals surface area contributed by atoms with Crippen LogP contribution >= 0.6 is 11.3 Å². The standard InChI is InChI=1S/C18H19N3O2S/c1-10-8-12(9-23-3)14-15-16(24-18(14)20-10)17(22)19-7-6-13-5-4-11(2)21(13)15/h4-5,8H,6-7,9H2,1-3H3,(H,19,22). The lowest BCUT2D eigenvalue weighted by atomic mass is 10.1. The number of aromatic nitrogens is 2. The van der Waals surface area contributed by atoms with Crippen molar-refractivity contribution in [2.75, 3.05) is 13.7 Å². The first-order valence-corrected chi connectivity index (χ1v) is 8.79. The Hall–Kier alpha value is -2.18. The number of ether oxygens (including phenoxy) is 1. The first-order chi connectivity index (χ1) is 11.6. The Bertz CT molecular complexity index is 955. The van der Waals surface area contributed by atoms with E-state index < -0.39 is 0 Å². The van der Waals surface area contributed by atoms with Crippen LogP contribution in [-0.4, -0.2) is 29.1 Å². The number of aryl methyl sites for hydroxylation is 2. The van der Waals surface area contributed by atoms with E-state index in [1.54, 1.807) is 7.11 Å². The molecule has 124 valence electrons. The van der Waals surface area contributed by atoms with Crippen LogP contribution in [0.15, 0.2) is 18.2 Å². The summed E-state index contributed by atoms with van der Waals surface area (Å²) in [6, 6.07) is 6.29. The summed E-state index contributed by atoms with van der Waals surface area (Å²) in [5, 5.41) is 4.04. The van der Waals surface area contributed by atoms with Crippen LogP contribution in [0.3, 0.4) is 0 Å². The molecular weight excluding hydrogens is 322 g/mol. The minimum atomic E-state index is -0.0206. The number of pyridine rings is 1. The molecule has 4 rings (SSSR count). The number of rotatable bonds is 2. The van der Waals surface area contributed by atoms with Gasteiger partial charge in [0.05, 0.1) is 12.3 Å². The van der Waals surface area contributed by atoms with Gasteiger partial charge in [0.25, 0.3) is 5.91 Å². The number of hydrogen-bond donors (Lipinski definition) is 1. The number of nitrogens with zero attached hydrogens (tertiary/aromatic N) is 2. The summed E-state index contributed by atoms with van der Waals surface area (Å²) in [6.07, 6.45) is 0.815. The third-order valence-electron chi connectivity index (χ3n) is 4.40. The molecule has 0 bridgehead atoms. The van der Waals surface area contributed by atoms with Gasteiger partial charge in [-0.15, -0.1) is 11.3 Å². The molecule has 3 aromatic heterocycles. The molecule has 0 fully saturated rings. The van der Waals surface area contributed by atoms with Gasteiger partial charge in [0.2, 0.25) is 0 Å². The van der Waals surface area contributed by atoms with Gasteiger partial charge in [0.15, 0.2) is 0 Å². The van der Waals surface area contributed by atoms with Gasteiger partial charge >= 0.3 is 0 Å². The molecule has 1 aliphatic rings. The Kier molecular flexibility index (Phi) is 3.66. The highest BCUT2D eigenvalue weighted by molar-refractivity contribution is 7.21. The fourth-order valence-electron chi connectivity index (χ4n) is 3.42. The van der Waals surface area contributed by atoms with E-state index in [0.717, 1.165) is 44.2 Å². The van der Waals surface area contributed by atoms with Crippen molar-refractivity contribution >= 4 is 27.5 Å². The van der Waals surface area contributed by atoms with Crippen molar-refractivity contribution < 1.29 is 9.53 Å². The number of hydrogen-bond acceptors (Lipinski definition) is 4. The van der Waals surface area contributed by atoms with E-state index in [4.69, 9.17) is 4.74 Å². The first-order valence-electron chi connectivity index (χ1n) is 7.98. The quantitative estimate of drug-likeness (QED) is 0.779. The molecule has 3 aromatic rings. The van der Waals surface area contributed by atoms with E-state index >= 15 is 0 Å². The van der Waals surface area contributed by atoms with Crippen molar-refractivity contribution in [1.82, 2.24) is 14.9 Å². The van der Waals surface area contributed by atoms with E-state index in [0.29, 0.717) is 13.2 Å². The molecule has 0 spiro atoms. The lowest BCUT2D eigenvalue weighted by Gasteiger charge is -2.18. The average Bonchev–Trinajstić information content (AvgIpc) is 3.06. The molecule has 5 nitrogen and oxygen atoms in total. The minimum Gasteiger partial charge on any atom is -0.380 e. The average molecular weight is 341 g/mol. The van der Waals surface area contributed by atoms with Gasteiger partial charge in [-0.3, -0.25) is 4.79 Å². The minimum absolute atomic E-state index is 0.0206. The van der Waals surface area contributed by atoms with Gasteiger partial charge in [-0.05, 0) is 37.6 Å². The molecule has 0 unspecified atom stereocenters. The van der Waals surface area contributed by atoms with Crippen LogP contribution < -0.4 is 5.32 Å². The lowest BCUT2D eigenvalue weighted by molar-refractivity contribution is 0.0957. The van der Waals surface area contributed by atoms with Crippen molar-refractivity contribution in [1.29, 1.82) is 0 Å². The monoisotopic (exact) mass is 341 g/mol. The SMILES string of the molecule is COCc1cc(C)nc2sc3c(c12)-n1c(C)ccc1CCNC3=O. The van der Waals surface area contributed by atoms with E-state index in [2.05, 4.69) is 33.9 Å². The van der Waals surface area contributed by atoms with Crippen molar-refractivity contribution in [2.24, 2.45) is 0 Å². The van der Waals surface area contributed by atoms with Gasteiger partial charge in [-0.25, -0.2) is 4.98 Å². The summed E-state index contributed by atoms with van der Waals surface area (Å²) in [4.78, 5) is 18.9. The van der Waals surface area contributed by atoms with Crippen LogP contribution in [0.2, 0.25) is 0 Å². The van der Waals surface area contributed by atoms with Crippen LogP contribution in [0.5, 0.6) is 0 Å². The maximum atomic E-state index is 12.7. The summed E-state index contributed by atoms with van der Waals surface area (Å²) < 4.78 is 7.61. The predicted octanol–water partition coefficient (Wildman–Crippen LogP) is 3.14. The molecule has 24 heavy (non-hydrogen) atoms. The fraction of sp³-hybridized carbons (Fsp3) is 0.333. The summed E-state index contributed by atoms with van der Waals surface area (Å²) in [5.41, 5.74) is 5.30. The molecule has 0 aromatic carbocycles. The first kappa shape index (κ1) is 15.4. The Morgan fingerprint density at radius 3 is 3.00 bits per heavy atom. The van der Waals surface area contributed by atoms with Crippen molar-refractivity contribution in [2.45, 2.75) is 26.9 Å². The normalized spacial score (nSPS) is 14.0. The summed E-state index contributed by atoms with van der Waals surface area (Å²) in [5.74, 6) is -0.0206. The zero-order chi connectivity index (χ0) is 16.8. The van der Waals surface area contributed by atoms with E-state index in [-0.39, 0.29) is 5.91 Å². The molecule has 4 heterocycles. The zero-order valence-electron chi connectivity index (χ0n) is 14.0. The molecule has 1 N–H and O–H groups in total. The Balaban J connectivity index is 2.14. The number of carbonyl (C=O) groups excluding carboxylic acids is 1. The Morgan fingerprint density at radius 2 is 2.21 bits per heavy atom. The van der Waals surface area contributed by atoms with Crippen LogP contribution in [0.1, 0.15) is 32.3 Å². The maximum Gasteiger partial charge on any atom is 0.263 e. The Labute approximate surface area is 144 Å². The number of fused-ring (bicyclic) bond motifs is 5. The highest BCUT2D eigenvalue weighted by Gasteiger charge is 2.26. The fourth-order valence-corrected chi connectivity index (χ4v) is 4.59. The van der Waals surface area contributed by atoms with Gasteiger partial charge < -0.3 is 14.6 Å². The molecule has 0 radical (unpaired) electrons. The van der Waals surface area contributed by atoms with Gasteiger partial charge in [-0.2, -0.15) is 0 Å². The van der Waals surface area contributed by atoms with Gasteiger partial charge in [-0.1, -0.05) is 0 Å². The van der Waals surface area contributed by atoms with E-state index in [9.17, 15) is 4.79 Å². The molecule has 0 saturated heterocycles. The second-order valence-electron chi connectivity index (χ2n) is 6.12. The highest BCUT2D eigenvalue weighted by atomic mass is 32.1. The van der Waals surface area contributed by atoms with Gasteiger partial charge in [0, 0.05) is 42.5 Å². The van der Waals surface area contributed by atoms with E-state index in [1.165, 1.54) is 17.0 Å². The summed E-state index contributed by atoms with van der Waals surface area (Å²) in [7, 11) is 1.69. The summed E-state index contributed by atoms with van der Waals surface area (Å²) in [6.45, 7) is 5.20. The molecule has 6 heteroatoms. The van der Waals surface area contributed by atoms with Crippen molar-refractivity contribution in [3.63, 3.8) is 0 Å². The molecular formula is C18H19N3O2S. The maximum absolute atomic E-state index is 12.7. The molecule has 0 atom stereocenters. The molecule has 1 aliphatic heterocycles. The highest BCUT2D eigenvalue weighted by Crippen LogP contribution is 2.38. The zero-order valence-corrected chi connectivity index (χ0v) is 14.8. The molecule has 0 aliphatic carbocycles. The van der Waals surface area contributed by atoms with Crippen LogP contribution in [0.4, 0.5) is 0 Å². The Morgan fingerprint density at radius 1 is 1.38 bits per heavy atom. The summed E-state index contributed by atoms with van der Waals surface area (Å²) >= 11 is 1.46. The topological polar surface area (TPSA) is 56.1 Å². The van der Waals surface area contributed by atoms with Crippen molar-refractivity contribution in [3.05, 3.63) is 45.7 Å². The number of amides is 1. The lowest BCUT2D eigenvalue weighted by Crippen LogP contribution is -2.28. The third kappa shape index (κ3) is 2.25. The van der Waals surface area contributed by atoms with Crippen LogP contribution in [-0.2, 0) is 17.8 Å². The predicted molar refractivity (Wildman–Crippen MR) is 95.2 cm³/mol. The smallest absolute Gasteiger partial charge is 0.263 e. The second-order valence-corrected chi connectivity index (χ2v) is 7.12. The largest absolute Gasteiger partial charge is 0.380 e. The van der Waals surface area contributed by atoms with Crippen molar-refractivity contribution in [3.8, 4) is 5.69 Å². The van der Waals surface area contributed by atoms with Crippen LogP contribution in [0, 0.1) is 13.8 Å².